The van der Waals surface area contributed by atoms with E-state index in [0.29, 0.717) is 38.4 Å². The van der Waals surface area contributed by atoms with Crippen LogP contribution in [0.4, 0.5) is 11.4 Å². The first-order chi connectivity index (χ1) is 12.6. The minimum atomic E-state index is -0.350. The fraction of sp³-hybridized carbons (Fsp3) is 0.526. The summed E-state index contributed by atoms with van der Waals surface area (Å²) in [7, 11) is 0. The first kappa shape index (κ1) is 18.2. The van der Waals surface area contributed by atoms with E-state index >= 15 is 0 Å². The van der Waals surface area contributed by atoms with Gasteiger partial charge in [-0.25, -0.2) is 0 Å². The minimum Gasteiger partial charge on any atom is -0.362 e. The van der Waals surface area contributed by atoms with Crippen molar-refractivity contribution in [2.24, 2.45) is 5.92 Å². The van der Waals surface area contributed by atoms with Crippen molar-refractivity contribution in [3.8, 4) is 12.3 Å². The molecule has 26 heavy (non-hydrogen) atoms. The summed E-state index contributed by atoms with van der Waals surface area (Å²) < 4.78 is 0. The molecule has 1 aromatic rings. The number of hydrogen-bond donors (Lipinski definition) is 0. The third-order valence-corrected chi connectivity index (χ3v) is 5.26. The average Bonchev–Trinajstić information content (AvgIpc) is 2.68. The van der Waals surface area contributed by atoms with Gasteiger partial charge in [-0.3, -0.25) is 19.8 Å². The van der Waals surface area contributed by atoms with Crippen molar-refractivity contribution in [3.63, 3.8) is 0 Å². The first-order valence-corrected chi connectivity index (χ1v) is 9.03. The van der Waals surface area contributed by atoms with Crippen molar-refractivity contribution in [1.82, 2.24) is 9.80 Å². The molecule has 0 unspecified atom stereocenters. The number of nitrogens with zero attached hydrogens (tertiary/aromatic N) is 4. The quantitative estimate of drug-likeness (QED) is 0.465. The van der Waals surface area contributed by atoms with Gasteiger partial charge in [0.2, 0.25) is 5.91 Å². The van der Waals surface area contributed by atoms with E-state index in [0.717, 1.165) is 25.9 Å². The third-order valence-electron chi connectivity index (χ3n) is 5.26. The molecule has 2 aliphatic heterocycles. The van der Waals surface area contributed by atoms with Gasteiger partial charge in [-0.05, 0) is 32.0 Å². The summed E-state index contributed by atoms with van der Waals surface area (Å²) in [5, 5.41) is 11.2. The topological polar surface area (TPSA) is 69.9 Å². The van der Waals surface area contributed by atoms with Gasteiger partial charge >= 0.3 is 0 Å². The van der Waals surface area contributed by atoms with Crippen LogP contribution in [0.15, 0.2) is 24.3 Å². The second-order valence-electron chi connectivity index (χ2n) is 6.81. The zero-order valence-corrected chi connectivity index (χ0v) is 14.8. The highest BCUT2D eigenvalue weighted by atomic mass is 16.6. The van der Waals surface area contributed by atoms with Gasteiger partial charge in [0.1, 0.15) is 5.69 Å². The fourth-order valence-electron chi connectivity index (χ4n) is 3.78. The number of benzene rings is 1. The summed E-state index contributed by atoms with van der Waals surface area (Å²) in [5.74, 6) is 2.94. The van der Waals surface area contributed by atoms with Gasteiger partial charge in [0.25, 0.3) is 5.69 Å². The summed E-state index contributed by atoms with van der Waals surface area (Å²) in [6.45, 7) is 4.84. The van der Waals surface area contributed by atoms with Gasteiger partial charge in [0.05, 0.1) is 11.5 Å². The fourth-order valence-corrected chi connectivity index (χ4v) is 3.78. The van der Waals surface area contributed by atoms with Crippen molar-refractivity contribution in [2.45, 2.75) is 12.8 Å². The molecule has 2 fully saturated rings. The lowest BCUT2D eigenvalue weighted by atomic mass is 9.95. The van der Waals surface area contributed by atoms with Crippen molar-refractivity contribution in [2.75, 3.05) is 50.7 Å². The number of hydrogen-bond acceptors (Lipinski definition) is 5. The second kappa shape index (κ2) is 8.19. The number of nitro benzene ring substituents is 1. The Morgan fingerprint density at radius 1 is 1.15 bits per heavy atom. The maximum atomic E-state index is 12.8. The Morgan fingerprint density at radius 3 is 2.42 bits per heavy atom. The molecule has 138 valence electrons. The van der Waals surface area contributed by atoms with Crippen LogP contribution in [-0.2, 0) is 4.79 Å². The summed E-state index contributed by atoms with van der Waals surface area (Å²) in [5.41, 5.74) is 0.750. The molecule has 0 bridgehead atoms. The number of likely N-dealkylation sites (tertiary alicyclic amines) is 1. The number of carbonyl (C=O) groups excluding carboxylic acids is 1. The molecular weight excluding hydrogens is 332 g/mol. The van der Waals surface area contributed by atoms with Crippen LogP contribution < -0.4 is 4.90 Å². The molecule has 0 aromatic heterocycles. The molecular formula is C19H24N4O3. The summed E-state index contributed by atoms with van der Waals surface area (Å²) >= 11 is 0. The third kappa shape index (κ3) is 3.97. The number of carbonyl (C=O) groups is 1. The van der Waals surface area contributed by atoms with Gasteiger partial charge in [-0.15, -0.1) is 6.42 Å². The molecule has 1 amide bonds. The predicted octanol–water partition coefficient (Wildman–Crippen LogP) is 1.59. The number of piperazine rings is 1. The highest BCUT2D eigenvalue weighted by Crippen LogP contribution is 2.29. The average molecular weight is 356 g/mol. The van der Waals surface area contributed by atoms with E-state index in [-0.39, 0.29) is 22.4 Å². The number of nitro groups is 1. The Hall–Kier alpha value is -2.59. The molecule has 0 atom stereocenters. The summed E-state index contributed by atoms with van der Waals surface area (Å²) in [4.78, 5) is 29.8. The molecule has 3 rings (SSSR count). The van der Waals surface area contributed by atoms with Crippen LogP contribution >= 0.6 is 0 Å². The first-order valence-electron chi connectivity index (χ1n) is 9.03. The van der Waals surface area contributed by atoms with E-state index < -0.39 is 0 Å². The van der Waals surface area contributed by atoms with Crippen LogP contribution in [0.5, 0.6) is 0 Å². The molecule has 7 heteroatoms. The lowest BCUT2D eigenvalue weighted by Gasteiger charge is -2.39. The van der Waals surface area contributed by atoms with E-state index in [2.05, 4.69) is 10.8 Å². The van der Waals surface area contributed by atoms with Crippen molar-refractivity contribution >= 4 is 17.3 Å². The van der Waals surface area contributed by atoms with Crippen molar-refractivity contribution < 1.29 is 9.72 Å². The van der Waals surface area contributed by atoms with Gasteiger partial charge in [-0.1, -0.05) is 18.1 Å². The van der Waals surface area contributed by atoms with Crippen LogP contribution in [0.3, 0.4) is 0 Å². The number of amides is 1. The van der Waals surface area contributed by atoms with Crippen molar-refractivity contribution in [1.29, 1.82) is 0 Å². The Labute approximate surface area is 153 Å². The highest BCUT2D eigenvalue weighted by Gasteiger charge is 2.31. The predicted molar refractivity (Wildman–Crippen MR) is 99.9 cm³/mol. The van der Waals surface area contributed by atoms with Gasteiger partial charge in [-0.2, -0.15) is 0 Å². The Bertz CT molecular complexity index is 699. The van der Waals surface area contributed by atoms with E-state index in [4.69, 9.17) is 6.42 Å². The van der Waals surface area contributed by atoms with E-state index in [1.807, 2.05) is 15.9 Å². The SMILES string of the molecule is C#CCN1CCC(C(=O)N2CCN(c3ccccc3[N+](=O)[O-])CC2)CC1. The molecule has 0 N–H and O–H groups in total. The summed E-state index contributed by atoms with van der Waals surface area (Å²) in [6, 6.07) is 6.78. The molecule has 0 spiro atoms. The number of rotatable bonds is 4. The van der Waals surface area contributed by atoms with Gasteiger partial charge in [0, 0.05) is 38.2 Å². The molecule has 0 aliphatic carbocycles. The van der Waals surface area contributed by atoms with Crippen LogP contribution in [0.25, 0.3) is 0 Å². The van der Waals surface area contributed by atoms with Crippen LogP contribution in [0.1, 0.15) is 12.8 Å². The summed E-state index contributed by atoms with van der Waals surface area (Å²) in [6.07, 6.45) is 7.05. The van der Waals surface area contributed by atoms with E-state index in [9.17, 15) is 14.9 Å². The largest absolute Gasteiger partial charge is 0.362 e. The molecule has 7 nitrogen and oxygen atoms in total. The number of para-hydroxylation sites is 2. The molecule has 2 aliphatic rings. The van der Waals surface area contributed by atoms with E-state index in [1.165, 1.54) is 6.07 Å². The Kier molecular flexibility index (Phi) is 5.74. The Balaban J connectivity index is 1.55. The number of anilines is 1. The lowest BCUT2D eigenvalue weighted by molar-refractivity contribution is -0.384. The van der Waals surface area contributed by atoms with Crippen LogP contribution in [-0.4, -0.2) is 66.4 Å². The van der Waals surface area contributed by atoms with Crippen LogP contribution in [0.2, 0.25) is 0 Å². The number of terminal acetylenes is 1. The van der Waals surface area contributed by atoms with E-state index in [1.54, 1.807) is 12.1 Å². The maximum Gasteiger partial charge on any atom is 0.292 e. The molecule has 1 aromatic carbocycles. The maximum absolute atomic E-state index is 12.8. The van der Waals surface area contributed by atoms with Gasteiger partial charge < -0.3 is 9.80 Å². The lowest BCUT2D eigenvalue weighted by Crippen LogP contribution is -2.51. The second-order valence-corrected chi connectivity index (χ2v) is 6.81. The molecule has 0 saturated carbocycles. The zero-order chi connectivity index (χ0) is 18.5. The molecule has 2 saturated heterocycles. The Morgan fingerprint density at radius 2 is 1.81 bits per heavy atom. The van der Waals surface area contributed by atoms with Crippen LogP contribution in [0, 0.1) is 28.4 Å². The normalized spacial score (nSPS) is 19.2. The molecule has 2 heterocycles. The smallest absolute Gasteiger partial charge is 0.292 e. The van der Waals surface area contributed by atoms with Crippen molar-refractivity contribution in [3.05, 3.63) is 34.4 Å². The monoisotopic (exact) mass is 356 g/mol. The van der Waals surface area contributed by atoms with Gasteiger partial charge in [0.15, 0.2) is 0 Å². The standard InChI is InChI=1S/C19H24N4O3/c1-2-9-20-10-7-16(8-11-20)19(24)22-14-12-21(13-15-22)17-5-3-4-6-18(17)23(25)26/h1,3-6,16H,7-15H2. The minimum absolute atomic E-state index is 0.0710. The highest BCUT2D eigenvalue weighted by molar-refractivity contribution is 5.79. The molecule has 0 radical (unpaired) electrons. The number of piperidine rings is 1. The zero-order valence-electron chi connectivity index (χ0n) is 14.8.